The summed E-state index contributed by atoms with van der Waals surface area (Å²) in [5, 5.41) is 3.42. The lowest BCUT2D eigenvalue weighted by atomic mass is 10.1. The van der Waals surface area contributed by atoms with Gasteiger partial charge in [-0.15, -0.1) is 0 Å². The Bertz CT molecular complexity index is 818. The minimum absolute atomic E-state index is 0.00567. The van der Waals surface area contributed by atoms with E-state index in [0.29, 0.717) is 30.3 Å². The molecule has 7 heteroatoms. The number of ether oxygens (including phenoxy) is 1. The monoisotopic (exact) mass is 401 g/mol. The molecule has 2 aromatic carbocycles. The lowest BCUT2D eigenvalue weighted by Crippen LogP contribution is -2.51. The summed E-state index contributed by atoms with van der Waals surface area (Å²) in [6.45, 7) is 3.19. The van der Waals surface area contributed by atoms with Crippen molar-refractivity contribution in [2.24, 2.45) is 0 Å². The van der Waals surface area contributed by atoms with Crippen molar-refractivity contribution in [3.63, 3.8) is 0 Å². The predicted octanol–water partition coefficient (Wildman–Crippen LogP) is 2.57. The van der Waals surface area contributed by atoms with Crippen molar-refractivity contribution in [1.29, 1.82) is 0 Å². The molecule has 0 bridgehead atoms. The van der Waals surface area contributed by atoms with Crippen molar-refractivity contribution in [3.05, 3.63) is 64.7 Å². The van der Waals surface area contributed by atoms with Gasteiger partial charge in [0.05, 0.1) is 13.2 Å². The fourth-order valence-corrected chi connectivity index (χ4v) is 3.33. The van der Waals surface area contributed by atoms with Crippen LogP contribution in [0.2, 0.25) is 5.02 Å². The molecule has 1 saturated heterocycles. The van der Waals surface area contributed by atoms with Gasteiger partial charge in [0.1, 0.15) is 0 Å². The van der Waals surface area contributed by atoms with Crippen molar-refractivity contribution >= 4 is 29.1 Å². The van der Waals surface area contributed by atoms with Gasteiger partial charge >= 0.3 is 0 Å². The quantitative estimate of drug-likeness (QED) is 0.808. The van der Waals surface area contributed by atoms with E-state index in [1.807, 2.05) is 30.3 Å². The molecule has 2 aromatic rings. The largest absolute Gasteiger partial charge is 0.380 e. The maximum atomic E-state index is 12.4. The van der Waals surface area contributed by atoms with Crippen LogP contribution < -0.4 is 10.2 Å². The molecule has 0 spiro atoms. The number of nitrogens with zero attached hydrogens (tertiary/aromatic N) is 2. The lowest BCUT2D eigenvalue weighted by molar-refractivity contribution is -0.130. The van der Waals surface area contributed by atoms with Crippen molar-refractivity contribution < 1.29 is 14.3 Å². The Balaban J connectivity index is 1.47. The zero-order chi connectivity index (χ0) is 19.9. The number of hydrogen-bond acceptors (Lipinski definition) is 4. The smallest absolute Gasteiger partial charge is 0.251 e. The molecule has 148 valence electrons. The van der Waals surface area contributed by atoms with Gasteiger partial charge in [0.2, 0.25) is 5.91 Å². The second-order valence-corrected chi connectivity index (χ2v) is 7.10. The van der Waals surface area contributed by atoms with Crippen LogP contribution in [0.25, 0.3) is 0 Å². The Morgan fingerprint density at radius 1 is 1.07 bits per heavy atom. The van der Waals surface area contributed by atoms with Crippen LogP contribution >= 0.6 is 11.6 Å². The highest BCUT2D eigenvalue weighted by molar-refractivity contribution is 6.30. The topological polar surface area (TPSA) is 61.9 Å². The molecule has 28 heavy (non-hydrogen) atoms. The summed E-state index contributed by atoms with van der Waals surface area (Å²) in [4.78, 5) is 28.8. The van der Waals surface area contributed by atoms with Crippen molar-refractivity contribution in [2.45, 2.75) is 6.61 Å². The summed E-state index contributed by atoms with van der Waals surface area (Å²) in [5.41, 5.74) is 2.54. The molecule has 0 aromatic heterocycles. The third-order valence-corrected chi connectivity index (χ3v) is 4.98. The first-order valence-corrected chi connectivity index (χ1v) is 9.59. The molecule has 1 heterocycles. The molecule has 6 nitrogen and oxygen atoms in total. The lowest BCUT2D eigenvalue weighted by Gasteiger charge is -2.36. The molecular weight excluding hydrogens is 378 g/mol. The van der Waals surface area contributed by atoms with Crippen LogP contribution in [0.15, 0.2) is 48.5 Å². The van der Waals surface area contributed by atoms with Gasteiger partial charge in [0.15, 0.2) is 0 Å². The van der Waals surface area contributed by atoms with Crippen LogP contribution in [0, 0.1) is 0 Å². The highest BCUT2D eigenvalue weighted by Crippen LogP contribution is 2.19. The maximum Gasteiger partial charge on any atom is 0.251 e. The van der Waals surface area contributed by atoms with E-state index in [1.165, 1.54) is 0 Å². The normalized spacial score (nSPS) is 14.1. The molecule has 1 fully saturated rings. The van der Waals surface area contributed by atoms with Gasteiger partial charge in [0, 0.05) is 49.6 Å². The summed E-state index contributed by atoms with van der Waals surface area (Å²) in [6, 6.07) is 14.9. The van der Waals surface area contributed by atoms with E-state index in [2.05, 4.69) is 10.2 Å². The van der Waals surface area contributed by atoms with Gasteiger partial charge in [-0.05, 0) is 42.0 Å². The van der Waals surface area contributed by atoms with Crippen LogP contribution in [-0.4, -0.2) is 56.5 Å². The summed E-state index contributed by atoms with van der Waals surface area (Å²) < 4.78 is 5.08. The van der Waals surface area contributed by atoms with E-state index in [-0.39, 0.29) is 18.4 Å². The number of amides is 2. The molecule has 1 aliphatic heterocycles. The fourth-order valence-electron chi connectivity index (χ4n) is 3.20. The van der Waals surface area contributed by atoms with Crippen LogP contribution in [0.5, 0.6) is 0 Å². The first-order chi connectivity index (χ1) is 13.6. The molecule has 2 amide bonds. The molecule has 0 unspecified atom stereocenters. The average Bonchev–Trinajstić information content (AvgIpc) is 2.73. The standard InChI is InChI=1S/C21H24ClN3O3/c1-28-15-16-3-2-4-17(13-16)21(27)23-14-20(26)25-11-9-24(10-12-25)19-7-5-18(22)6-8-19/h2-8,13H,9-12,14-15H2,1H3,(H,23,27). The Kier molecular flexibility index (Phi) is 6.90. The van der Waals surface area contributed by atoms with Gasteiger partial charge < -0.3 is 19.9 Å². The van der Waals surface area contributed by atoms with Crippen molar-refractivity contribution in [2.75, 3.05) is 44.7 Å². The summed E-state index contributed by atoms with van der Waals surface area (Å²) in [6.07, 6.45) is 0. The summed E-state index contributed by atoms with van der Waals surface area (Å²) in [5.74, 6) is -0.330. The molecule has 1 N–H and O–H groups in total. The zero-order valence-electron chi connectivity index (χ0n) is 15.9. The van der Waals surface area contributed by atoms with Crippen LogP contribution in [0.3, 0.4) is 0 Å². The number of piperazine rings is 1. The van der Waals surface area contributed by atoms with Crippen molar-refractivity contribution in [3.8, 4) is 0 Å². The zero-order valence-corrected chi connectivity index (χ0v) is 16.6. The van der Waals surface area contributed by atoms with E-state index in [1.54, 1.807) is 30.2 Å². The number of halogens is 1. The predicted molar refractivity (Wildman–Crippen MR) is 110 cm³/mol. The first-order valence-electron chi connectivity index (χ1n) is 9.21. The number of carbonyl (C=O) groups excluding carboxylic acids is 2. The van der Waals surface area contributed by atoms with E-state index >= 15 is 0 Å². The van der Waals surface area contributed by atoms with E-state index in [9.17, 15) is 9.59 Å². The summed E-state index contributed by atoms with van der Waals surface area (Å²) in [7, 11) is 1.61. The Morgan fingerprint density at radius 2 is 1.79 bits per heavy atom. The molecule has 3 rings (SSSR count). The molecule has 0 atom stereocenters. The number of carbonyl (C=O) groups is 2. The minimum Gasteiger partial charge on any atom is -0.380 e. The number of hydrogen-bond donors (Lipinski definition) is 1. The minimum atomic E-state index is -0.258. The maximum absolute atomic E-state index is 12.4. The van der Waals surface area contributed by atoms with E-state index in [0.717, 1.165) is 24.3 Å². The number of methoxy groups -OCH3 is 1. The van der Waals surface area contributed by atoms with E-state index < -0.39 is 0 Å². The molecular formula is C21H24ClN3O3. The highest BCUT2D eigenvalue weighted by atomic mass is 35.5. The van der Waals surface area contributed by atoms with Gasteiger partial charge in [-0.3, -0.25) is 9.59 Å². The van der Waals surface area contributed by atoms with Gasteiger partial charge in [-0.25, -0.2) is 0 Å². The third-order valence-electron chi connectivity index (χ3n) is 4.72. The number of nitrogens with one attached hydrogen (secondary N) is 1. The molecule has 0 radical (unpaired) electrons. The third kappa shape index (κ3) is 5.24. The summed E-state index contributed by atoms with van der Waals surface area (Å²) >= 11 is 5.93. The van der Waals surface area contributed by atoms with Gasteiger partial charge in [-0.1, -0.05) is 23.7 Å². The van der Waals surface area contributed by atoms with Crippen molar-refractivity contribution in [1.82, 2.24) is 10.2 Å². The van der Waals surface area contributed by atoms with Crippen LogP contribution in [0.4, 0.5) is 5.69 Å². The number of anilines is 1. The highest BCUT2D eigenvalue weighted by Gasteiger charge is 2.21. The van der Waals surface area contributed by atoms with E-state index in [4.69, 9.17) is 16.3 Å². The first kappa shape index (κ1) is 20.2. The molecule has 0 aliphatic carbocycles. The SMILES string of the molecule is COCc1cccc(C(=O)NCC(=O)N2CCN(c3ccc(Cl)cc3)CC2)c1. The fraction of sp³-hybridized carbons (Fsp3) is 0.333. The number of rotatable bonds is 6. The number of benzene rings is 2. The molecule has 1 aliphatic rings. The van der Waals surface area contributed by atoms with Crippen LogP contribution in [-0.2, 0) is 16.1 Å². The van der Waals surface area contributed by atoms with Gasteiger partial charge in [-0.2, -0.15) is 0 Å². The second kappa shape index (κ2) is 9.57. The average molecular weight is 402 g/mol. The Morgan fingerprint density at radius 3 is 2.46 bits per heavy atom. The Labute approximate surface area is 170 Å². The Hall–Kier alpha value is -2.57. The van der Waals surface area contributed by atoms with Crippen LogP contribution in [0.1, 0.15) is 15.9 Å². The molecule has 0 saturated carbocycles. The van der Waals surface area contributed by atoms with Gasteiger partial charge in [0.25, 0.3) is 5.91 Å². The second-order valence-electron chi connectivity index (χ2n) is 6.66.